The molecule has 1 aromatic heterocycles. The minimum Gasteiger partial charge on any atom is -0.335 e. The SMILES string of the molecule is Cc1c[nH]c(=O)n1-c1cccc(C(=O)N2CCCC2Cc2cccc3ccccc23)c1. The number of H-pyrrole nitrogens is 1. The number of fused-ring (bicyclic) bond motifs is 1. The van der Waals surface area contributed by atoms with E-state index in [0.717, 1.165) is 31.5 Å². The molecule has 1 saturated heterocycles. The third-order valence-corrected chi connectivity index (χ3v) is 6.29. The van der Waals surface area contributed by atoms with Crippen LogP contribution < -0.4 is 5.69 Å². The number of aryl methyl sites for hydroxylation is 1. The van der Waals surface area contributed by atoms with E-state index >= 15 is 0 Å². The maximum atomic E-state index is 13.4. The Morgan fingerprint density at radius 2 is 1.87 bits per heavy atom. The van der Waals surface area contributed by atoms with Crippen molar-refractivity contribution in [1.82, 2.24) is 14.5 Å². The quantitative estimate of drug-likeness (QED) is 0.538. The highest BCUT2D eigenvalue weighted by Gasteiger charge is 2.30. The number of imidazole rings is 1. The Morgan fingerprint density at radius 1 is 1.06 bits per heavy atom. The van der Waals surface area contributed by atoms with Gasteiger partial charge in [-0.1, -0.05) is 48.5 Å². The molecule has 1 amide bonds. The number of carbonyl (C=O) groups excluding carboxylic acids is 1. The van der Waals surface area contributed by atoms with Crippen LogP contribution in [0.1, 0.15) is 34.5 Å². The van der Waals surface area contributed by atoms with Gasteiger partial charge in [-0.05, 0) is 60.7 Å². The molecule has 0 bridgehead atoms. The largest absolute Gasteiger partial charge is 0.335 e. The van der Waals surface area contributed by atoms with Gasteiger partial charge in [0, 0.05) is 30.0 Å². The molecule has 3 aromatic carbocycles. The van der Waals surface area contributed by atoms with E-state index in [-0.39, 0.29) is 17.6 Å². The molecule has 0 spiro atoms. The number of amides is 1. The summed E-state index contributed by atoms with van der Waals surface area (Å²) in [7, 11) is 0. The van der Waals surface area contributed by atoms with Crippen LogP contribution >= 0.6 is 0 Å². The van der Waals surface area contributed by atoms with Crippen molar-refractivity contribution in [2.75, 3.05) is 6.54 Å². The van der Waals surface area contributed by atoms with Crippen molar-refractivity contribution in [3.63, 3.8) is 0 Å². The van der Waals surface area contributed by atoms with Crippen LogP contribution in [-0.4, -0.2) is 32.9 Å². The maximum Gasteiger partial charge on any atom is 0.330 e. The summed E-state index contributed by atoms with van der Waals surface area (Å²) in [5.41, 5.74) is 3.22. The molecule has 5 nitrogen and oxygen atoms in total. The van der Waals surface area contributed by atoms with Gasteiger partial charge in [0.25, 0.3) is 5.91 Å². The average molecular weight is 412 g/mol. The van der Waals surface area contributed by atoms with Crippen LogP contribution in [0.2, 0.25) is 0 Å². The molecule has 1 aliphatic rings. The highest BCUT2D eigenvalue weighted by molar-refractivity contribution is 5.95. The van der Waals surface area contributed by atoms with Crippen LogP contribution in [0.4, 0.5) is 0 Å². The number of carbonyl (C=O) groups is 1. The van der Waals surface area contributed by atoms with E-state index in [1.807, 2.05) is 36.1 Å². The number of benzene rings is 3. The van der Waals surface area contributed by atoms with Crippen LogP contribution in [-0.2, 0) is 6.42 Å². The van der Waals surface area contributed by atoms with E-state index in [1.54, 1.807) is 10.8 Å². The van der Waals surface area contributed by atoms with Crippen molar-refractivity contribution in [3.8, 4) is 5.69 Å². The van der Waals surface area contributed by atoms with Crippen molar-refractivity contribution in [2.24, 2.45) is 0 Å². The van der Waals surface area contributed by atoms with Crippen molar-refractivity contribution in [1.29, 1.82) is 0 Å². The Hall–Kier alpha value is -3.60. The highest BCUT2D eigenvalue weighted by atomic mass is 16.2. The van der Waals surface area contributed by atoms with Crippen LogP contribution in [0.3, 0.4) is 0 Å². The van der Waals surface area contributed by atoms with Crippen LogP contribution in [0.25, 0.3) is 16.5 Å². The standard InChI is InChI=1S/C26H25N3O2/c1-18-17-27-26(31)29(18)23-11-5-10-21(16-23)25(30)28-14-6-12-22(28)15-20-9-4-8-19-7-2-3-13-24(19)20/h2-5,7-11,13,16-17,22H,6,12,14-15H2,1H3,(H,27,31). The molecule has 0 saturated carbocycles. The molecule has 5 rings (SSSR count). The number of rotatable bonds is 4. The fraction of sp³-hybridized carbons (Fsp3) is 0.231. The monoisotopic (exact) mass is 411 g/mol. The Morgan fingerprint density at radius 3 is 2.71 bits per heavy atom. The van der Waals surface area contributed by atoms with Gasteiger partial charge >= 0.3 is 5.69 Å². The fourth-order valence-corrected chi connectivity index (χ4v) is 4.76. The normalized spacial score (nSPS) is 16.2. The van der Waals surface area contributed by atoms with E-state index in [2.05, 4.69) is 47.4 Å². The summed E-state index contributed by atoms with van der Waals surface area (Å²) in [6, 6.07) is 22.4. The lowest BCUT2D eigenvalue weighted by atomic mass is 9.97. The van der Waals surface area contributed by atoms with E-state index < -0.39 is 0 Å². The Kier molecular flexibility index (Phi) is 4.94. The number of nitrogens with zero attached hydrogens (tertiary/aromatic N) is 2. The number of hydrogen-bond acceptors (Lipinski definition) is 2. The van der Waals surface area contributed by atoms with Gasteiger partial charge < -0.3 is 9.88 Å². The molecular formula is C26H25N3O2. The zero-order chi connectivity index (χ0) is 21.4. The number of nitrogens with one attached hydrogen (secondary N) is 1. The summed E-state index contributed by atoms with van der Waals surface area (Å²) in [6.07, 6.45) is 4.54. The first-order chi connectivity index (χ1) is 15.1. The van der Waals surface area contributed by atoms with Gasteiger partial charge in [-0.2, -0.15) is 0 Å². The zero-order valence-corrected chi connectivity index (χ0v) is 17.5. The number of aromatic nitrogens is 2. The molecule has 1 unspecified atom stereocenters. The van der Waals surface area contributed by atoms with E-state index in [0.29, 0.717) is 11.3 Å². The predicted octanol–water partition coefficient (Wildman–Crippen LogP) is 4.47. The average Bonchev–Trinajstić information content (AvgIpc) is 3.39. The first kappa shape index (κ1) is 19.4. The summed E-state index contributed by atoms with van der Waals surface area (Å²) in [5.74, 6) is 0.0332. The van der Waals surface area contributed by atoms with Gasteiger partial charge in [0.1, 0.15) is 0 Å². The second kappa shape index (κ2) is 7.91. The van der Waals surface area contributed by atoms with Gasteiger partial charge in [-0.25, -0.2) is 4.79 Å². The third-order valence-electron chi connectivity index (χ3n) is 6.29. The first-order valence-corrected chi connectivity index (χ1v) is 10.8. The van der Waals surface area contributed by atoms with Crippen LogP contribution in [0.15, 0.2) is 77.7 Å². The second-order valence-electron chi connectivity index (χ2n) is 8.26. The lowest BCUT2D eigenvalue weighted by Crippen LogP contribution is -2.37. The van der Waals surface area contributed by atoms with Crippen molar-refractivity contribution in [2.45, 2.75) is 32.2 Å². The summed E-state index contributed by atoms with van der Waals surface area (Å²) < 4.78 is 1.59. The van der Waals surface area contributed by atoms with Crippen molar-refractivity contribution < 1.29 is 4.79 Å². The van der Waals surface area contributed by atoms with Crippen LogP contribution in [0, 0.1) is 6.92 Å². The predicted molar refractivity (Wildman–Crippen MR) is 123 cm³/mol. The molecular weight excluding hydrogens is 386 g/mol. The Balaban J connectivity index is 1.43. The molecule has 1 fully saturated rings. The molecule has 0 aliphatic carbocycles. The molecule has 156 valence electrons. The van der Waals surface area contributed by atoms with E-state index in [1.165, 1.54) is 16.3 Å². The second-order valence-corrected chi connectivity index (χ2v) is 8.26. The van der Waals surface area contributed by atoms with Gasteiger partial charge in [-0.15, -0.1) is 0 Å². The molecule has 0 radical (unpaired) electrons. The Labute approximate surface area is 180 Å². The van der Waals surface area contributed by atoms with Gasteiger partial charge in [0.05, 0.1) is 5.69 Å². The lowest BCUT2D eigenvalue weighted by Gasteiger charge is -2.25. The molecule has 1 N–H and O–H groups in total. The fourth-order valence-electron chi connectivity index (χ4n) is 4.76. The van der Waals surface area contributed by atoms with Crippen molar-refractivity contribution >= 4 is 16.7 Å². The molecule has 5 heteroatoms. The van der Waals surface area contributed by atoms with Crippen LogP contribution in [0.5, 0.6) is 0 Å². The summed E-state index contributed by atoms with van der Waals surface area (Å²) in [6.45, 7) is 2.63. The lowest BCUT2D eigenvalue weighted by molar-refractivity contribution is 0.0736. The van der Waals surface area contributed by atoms with Gasteiger partial charge in [-0.3, -0.25) is 9.36 Å². The summed E-state index contributed by atoms with van der Waals surface area (Å²) in [5, 5.41) is 2.49. The molecule has 2 heterocycles. The molecule has 31 heavy (non-hydrogen) atoms. The third kappa shape index (κ3) is 3.56. The van der Waals surface area contributed by atoms with Gasteiger partial charge in [0.15, 0.2) is 0 Å². The van der Waals surface area contributed by atoms with Gasteiger partial charge in [0.2, 0.25) is 0 Å². The number of hydrogen-bond donors (Lipinski definition) is 1. The molecule has 1 aliphatic heterocycles. The molecule has 4 aromatic rings. The zero-order valence-electron chi connectivity index (χ0n) is 17.5. The smallest absolute Gasteiger partial charge is 0.330 e. The number of aromatic amines is 1. The summed E-state index contributed by atoms with van der Waals surface area (Å²) >= 11 is 0. The first-order valence-electron chi connectivity index (χ1n) is 10.8. The maximum absolute atomic E-state index is 13.4. The summed E-state index contributed by atoms with van der Waals surface area (Å²) in [4.78, 5) is 30.3. The van der Waals surface area contributed by atoms with E-state index in [9.17, 15) is 9.59 Å². The Bertz CT molecular complexity index is 1310. The minimum atomic E-state index is -0.197. The minimum absolute atomic E-state index is 0.0332. The van der Waals surface area contributed by atoms with E-state index in [4.69, 9.17) is 0 Å². The highest BCUT2D eigenvalue weighted by Crippen LogP contribution is 2.27. The topological polar surface area (TPSA) is 58.1 Å². The number of likely N-dealkylation sites (tertiary alicyclic amines) is 1. The van der Waals surface area contributed by atoms with Crippen molar-refractivity contribution in [3.05, 3.63) is 100 Å². The molecule has 1 atom stereocenters.